The normalized spacial score (nSPS) is 18.1. The summed E-state index contributed by atoms with van der Waals surface area (Å²) < 4.78 is 11.6. The van der Waals surface area contributed by atoms with Gasteiger partial charge in [0.2, 0.25) is 5.82 Å². The topological polar surface area (TPSA) is 109 Å². The number of hydrogen-bond acceptors (Lipinski definition) is 7. The minimum absolute atomic E-state index is 0.0292. The van der Waals surface area contributed by atoms with Crippen molar-refractivity contribution in [3.63, 3.8) is 0 Å². The molecule has 8 heteroatoms. The molecule has 0 bridgehead atoms. The van der Waals surface area contributed by atoms with Crippen molar-refractivity contribution in [3.05, 3.63) is 41.9 Å². The third-order valence-electron chi connectivity index (χ3n) is 3.50. The zero-order chi connectivity index (χ0) is 17.0. The van der Waals surface area contributed by atoms with Crippen LogP contribution in [0, 0.1) is 16.7 Å². The number of ether oxygens (including phenoxy) is 2. The number of nitriles is 1. The first-order chi connectivity index (χ1) is 11.6. The maximum absolute atomic E-state index is 9.16. The number of benzene rings is 1. The van der Waals surface area contributed by atoms with E-state index in [-0.39, 0.29) is 23.1 Å². The number of nitrogens with one attached hydrogen (secondary N) is 2. The Labute approximate surface area is 139 Å². The highest BCUT2D eigenvalue weighted by Crippen LogP contribution is 2.31. The number of tetrazole rings is 1. The van der Waals surface area contributed by atoms with E-state index < -0.39 is 0 Å². The average molecular weight is 326 g/mol. The molecule has 2 aromatic rings. The lowest BCUT2D eigenvalue weighted by atomic mass is 9.95. The highest BCUT2D eigenvalue weighted by molar-refractivity contribution is 5.74. The number of allylic oxidation sites excluding steroid dienone is 1. The highest BCUT2D eigenvalue weighted by atomic mass is 16.7. The smallest absolute Gasteiger partial charge is 0.216 e. The maximum atomic E-state index is 9.16. The molecule has 1 saturated heterocycles. The van der Waals surface area contributed by atoms with Gasteiger partial charge in [-0.15, -0.1) is 10.2 Å². The Kier molecular flexibility index (Phi) is 4.55. The maximum Gasteiger partial charge on any atom is 0.216 e. The molecule has 0 amide bonds. The number of aromatic nitrogens is 4. The zero-order valence-electron chi connectivity index (χ0n) is 13.5. The first-order valence-corrected chi connectivity index (χ1v) is 7.51. The van der Waals surface area contributed by atoms with Crippen LogP contribution >= 0.6 is 0 Å². The van der Waals surface area contributed by atoms with Crippen LogP contribution in [0.2, 0.25) is 0 Å². The summed E-state index contributed by atoms with van der Waals surface area (Å²) in [6.07, 6.45) is 1.16. The number of H-pyrrole nitrogens is 1. The van der Waals surface area contributed by atoms with E-state index in [0.29, 0.717) is 13.2 Å². The molecule has 8 nitrogen and oxygen atoms in total. The van der Waals surface area contributed by atoms with Gasteiger partial charge >= 0.3 is 0 Å². The lowest BCUT2D eigenvalue weighted by Crippen LogP contribution is -2.33. The molecule has 1 fully saturated rings. The van der Waals surface area contributed by atoms with Crippen LogP contribution in [0.15, 0.2) is 30.5 Å². The molecule has 2 heterocycles. The van der Waals surface area contributed by atoms with Gasteiger partial charge in [0.1, 0.15) is 11.6 Å². The van der Waals surface area contributed by atoms with Crippen LogP contribution in [0.25, 0.3) is 5.57 Å². The van der Waals surface area contributed by atoms with Crippen LogP contribution in [-0.4, -0.2) is 33.8 Å². The van der Waals surface area contributed by atoms with Crippen molar-refractivity contribution in [2.75, 3.05) is 18.5 Å². The fourth-order valence-electron chi connectivity index (χ4n) is 2.24. The Balaban J connectivity index is 1.71. The number of hydrogen-bond donors (Lipinski definition) is 2. The van der Waals surface area contributed by atoms with Crippen LogP contribution in [0.1, 0.15) is 31.5 Å². The van der Waals surface area contributed by atoms with Crippen LogP contribution in [0.3, 0.4) is 0 Å². The van der Waals surface area contributed by atoms with Crippen molar-refractivity contribution < 1.29 is 9.47 Å². The minimum Gasteiger partial charge on any atom is -0.360 e. The van der Waals surface area contributed by atoms with E-state index in [1.165, 1.54) is 6.20 Å². The predicted molar refractivity (Wildman–Crippen MR) is 86.3 cm³/mol. The van der Waals surface area contributed by atoms with Crippen molar-refractivity contribution in [1.29, 1.82) is 5.26 Å². The van der Waals surface area contributed by atoms with E-state index >= 15 is 0 Å². The van der Waals surface area contributed by atoms with E-state index in [2.05, 4.69) is 39.8 Å². The number of anilines is 1. The summed E-state index contributed by atoms with van der Waals surface area (Å²) in [5, 5.41) is 25.6. The van der Waals surface area contributed by atoms with Crippen molar-refractivity contribution in [1.82, 2.24) is 20.6 Å². The molecule has 1 aliphatic heterocycles. The lowest BCUT2D eigenvalue weighted by Gasteiger charge is -2.34. The fourth-order valence-corrected chi connectivity index (χ4v) is 2.24. The molecule has 124 valence electrons. The molecule has 1 aliphatic rings. The van der Waals surface area contributed by atoms with Gasteiger partial charge in [0.25, 0.3) is 0 Å². The van der Waals surface area contributed by atoms with Gasteiger partial charge in [-0.25, -0.2) is 0 Å². The van der Waals surface area contributed by atoms with Crippen LogP contribution in [0.5, 0.6) is 0 Å². The average Bonchev–Trinajstić information content (AvgIpc) is 3.10. The van der Waals surface area contributed by atoms with E-state index in [1.54, 1.807) is 0 Å². The minimum atomic E-state index is -0.378. The number of aromatic amines is 1. The molecule has 0 radical (unpaired) electrons. The molecule has 24 heavy (non-hydrogen) atoms. The van der Waals surface area contributed by atoms with E-state index in [1.807, 2.05) is 30.3 Å². The summed E-state index contributed by atoms with van der Waals surface area (Å²) in [6.45, 7) is 5.50. The van der Waals surface area contributed by atoms with Gasteiger partial charge in [0.05, 0.1) is 13.2 Å². The molecule has 0 aliphatic carbocycles. The summed E-state index contributed by atoms with van der Waals surface area (Å²) in [5.41, 5.74) is 2.03. The molecule has 3 rings (SSSR count). The summed E-state index contributed by atoms with van der Waals surface area (Å²) in [6, 6.07) is 9.68. The molecule has 0 spiro atoms. The molecule has 0 saturated carbocycles. The highest BCUT2D eigenvalue weighted by Gasteiger charge is 2.29. The summed E-state index contributed by atoms with van der Waals surface area (Å²) in [5.74, 6) is 0.238. The zero-order valence-corrected chi connectivity index (χ0v) is 13.5. The SMILES string of the molecule is CC1(C)COC(c2cccc(NC=C(C#N)c3nn[nH]n3)c2)OC1. The molecular formula is C16H18N6O2. The second kappa shape index (κ2) is 6.78. The summed E-state index contributed by atoms with van der Waals surface area (Å²) >= 11 is 0. The predicted octanol–water partition coefficient (Wildman–Crippen LogP) is 2.25. The number of nitrogens with zero attached hydrogens (tertiary/aromatic N) is 4. The van der Waals surface area contributed by atoms with Gasteiger partial charge in [-0.1, -0.05) is 26.0 Å². The Hall–Kier alpha value is -2.76. The second-order valence-corrected chi connectivity index (χ2v) is 6.29. The van der Waals surface area contributed by atoms with Crippen molar-refractivity contribution in [3.8, 4) is 6.07 Å². The largest absolute Gasteiger partial charge is 0.360 e. The molecule has 1 aromatic heterocycles. The Morgan fingerprint density at radius 3 is 2.88 bits per heavy atom. The standard InChI is InChI=1S/C16H18N6O2/c1-16(2)9-23-15(24-10-16)11-4-3-5-13(6-11)18-8-12(7-17)14-19-21-22-20-14/h3-6,8,15,18H,9-10H2,1-2H3,(H,19,20,21,22). The molecule has 1 aromatic carbocycles. The van der Waals surface area contributed by atoms with Crippen molar-refractivity contribution >= 4 is 11.3 Å². The van der Waals surface area contributed by atoms with Gasteiger partial charge < -0.3 is 14.8 Å². The van der Waals surface area contributed by atoms with Crippen LogP contribution in [-0.2, 0) is 9.47 Å². The Bertz CT molecular complexity index is 753. The molecule has 2 N–H and O–H groups in total. The Morgan fingerprint density at radius 2 is 2.21 bits per heavy atom. The van der Waals surface area contributed by atoms with Gasteiger partial charge in [-0.05, 0) is 17.3 Å². The summed E-state index contributed by atoms with van der Waals surface area (Å²) in [7, 11) is 0. The number of rotatable bonds is 4. The van der Waals surface area contributed by atoms with Gasteiger partial charge in [0, 0.05) is 22.9 Å². The first-order valence-electron chi connectivity index (χ1n) is 7.51. The molecule has 0 unspecified atom stereocenters. The summed E-state index contributed by atoms with van der Waals surface area (Å²) in [4.78, 5) is 0. The van der Waals surface area contributed by atoms with Gasteiger partial charge in [-0.2, -0.15) is 10.5 Å². The third-order valence-corrected chi connectivity index (χ3v) is 3.50. The molecule has 0 atom stereocenters. The third kappa shape index (κ3) is 3.76. The van der Waals surface area contributed by atoms with E-state index in [4.69, 9.17) is 14.7 Å². The monoisotopic (exact) mass is 326 g/mol. The second-order valence-electron chi connectivity index (χ2n) is 6.29. The van der Waals surface area contributed by atoms with E-state index in [9.17, 15) is 0 Å². The van der Waals surface area contributed by atoms with Crippen molar-refractivity contribution in [2.24, 2.45) is 5.41 Å². The first kappa shape index (κ1) is 16.1. The fraction of sp³-hybridized carbons (Fsp3) is 0.375. The van der Waals surface area contributed by atoms with Gasteiger partial charge in [-0.3, -0.25) is 0 Å². The van der Waals surface area contributed by atoms with Gasteiger partial charge in [0.15, 0.2) is 6.29 Å². The van der Waals surface area contributed by atoms with Crippen LogP contribution < -0.4 is 5.32 Å². The van der Waals surface area contributed by atoms with Crippen molar-refractivity contribution in [2.45, 2.75) is 20.1 Å². The van der Waals surface area contributed by atoms with Crippen LogP contribution in [0.4, 0.5) is 5.69 Å². The van der Waals surface area contributed by atoms with E-state index in [0.717, 1.165) is 11.3 Å². The molecular weight excluding hydrogens is 308 g/mol. The quantitative estimate of drug-likeness (QED) is 0.829. The lowest BCUT2D eigenvalue weighted by molar-refractivity contribution is -0.226. The Morgan fingerprint density at radius 1 is 1.42 bits per heavy atom.